The normalized spacial score (nSPS) is 10.9. The Morgan fingerprint density at radius 1 is 1.20 bits per heavy atom. The van der Waals surface area contributed by atoms with Gasteiger partial charge in [-0.2, -0.15) is 5.10 Å². The average molecular weight is 340 g/mol. The third kappa shape index (κ3) is 2.09. The van der Waals surface area contributed by atoms with Crippen LogP contribution >= 0.6 is 15.9 Å². The first-order valence-corrected chi connectivity index (χ1v) is 6.40. The first-order chi connectivity index (χ1) is 9.56. The molecule has 3 aromatic rings. The lowest BCUT2D eigenvalue weighted by Crippen LogP contribution is -1.92. The van der Waals surface area contributed by atoms with Crippen LogP contribution in [0.2, 0.25) is 0 Å². The van der Waals surface area contributed by atoms with Crippen molar-refractivity contribution in [2.75, 3.05) is 5.73 Å². The van der Waals surface area contributed by atoms with Crippen molar-refractivity contribution in [2.45, 2.75) is 0 Å². The number of aromatic amines is 1. The van der Waals surface area contributed by atoms with Gasteiger partial charge in [0.2, 0.25) is 0 Å². The lowest BCUT2D eigenvalue weighted by molar-refractivity contribution is 0.553. The molecule has 0 bridgehead atoms. The molecule has 0 unspecified atom stereocenters. The SMILES string of the molecule is Nc1n[nH]c(-c2ccc(Br)o2)c1-c1ccc(F)cc1F. The molecule has 0 radical (unpaired) electrons. The largest absolute Gasteiger partial charge is 0.448 e. The first kappa shape index (κ1) is 12.9. The number of hydrogen-bond acceptors (Lipinski definition) is 3. The molecule has 0 amide bonds. The first-order valence-electron chi connectivity index (χ1n) is 5.61. The Bertz CT molecular complexity index is 782. The van der Waals surface area contributed by atoms with Crippen molar-refractivity contribution in [3.05, 3.63) is 46.6 Å². The molecule has 0 atom stereocenters. The fourth-order valence-electron chi connectivity index (χ4n) is 1.95. The lowest BCUT2D eigenvalue weighted by Gasteiger charge is -2.04. The van der Waals surface area contributed by atoms with E-state index in [9.17, 15) is 8.78 Å². The number of H-pyrrole nitrogens is 1. The molecule has 20 heavy (non-hydrogen) atoms. The number of halogens is 3. The van der Waals surface area contributed by atoms with E-state index in [4.69, 9.17) is 10.2 Å². The smallest absolute Gasteiger partial charge is 0.169 e. The highest BCUT2D eigenvalue weighted by atomic mass is 79.9. The minimum absolute atomic E-state index is 0.109. The van der Waals surface area contributed by atoms with E-state index in [-0.39, 0.29) is 11.4 Å². The second kappa shape index (κ2) is 4.75. The Balaban J connectivity index is 2.21. The molecule has 1 aromatic carbocycles. The third-order valence-corrected chi connectivity index (χ3v) is 3.24. The Morgan fingerprint density at radius 2 is 2.00 bits per heavy atom. The maximum absolute atomic E-state index is 13.9. The van der Waals surface area contributed by atoms with Crippen molar-refractivity contribution in [3.63, 3.8) is 0 Å². The number of nitrogen functional groups attached to an aromatic ring is 1. The summed E-state index contributed by atoms with van der Waals surface area (Å²) in [4.78, 5) is 0. The van der Waals surface area contributed by atoms with E-state index in [1.165, 1.54) is 6.07 Å². The van der Waals surface area contributed by atoms with Crippen LogP contribution < -0.4 is 5.73 Å². The molecule has 0 aliphatic carbocycles. The van der Waals surface area contributed by atoms with Crippen molar-refractivity contribution in [1.82, 2.24) is 10.2 Å². The molecule has 0 aliphatic heterocycles. The van der Waals surface area contributed by atoms with Crippen LogP contribution in [0.4, 0.5) is 14.6 Å². The molecule has 0 saturated carbocycles. The highest BCUT2D eigenvalue weighted by molar-refractivity contribution is 9.10. The van der Waals surface area contributed by atoms with Gasteiger partial charge in [0.15, 0.2) is 16.2 Å². The van der Waals surface area contributed by atoms with Gasteiger partial charge in [0.1, 0.15) is 17.3 Å². The number of anilines is 1. The molecule has 0 spiro atoms. The monoisotopic (exact) mass is 339 g/mol. The molecule has 7 heteroatoms. The highest BCUT2D eigenvalue weighted by Crippen LogP contribution is 2.37. The van der Waals surface area contributed by atoms with Crippen LogP contribution in [0.3, 0.4) is 0 Å². The zero-order chi connectivity index (χ0) is 14.3. The zero-order valence-corrected chi connectivity index (χ0v) is 11.5. The van der Waals surface area contributed by atoms with Gasteiger partial charge in [-0.1, -0.05) is 0 Å². The van der Waals surface area contributed by atoms with Crippen LogP contribution in [0.1, 0.15) is 0 Å². The van der Waals surface area contributed by atoms with Crippen LogP contribution in [0.25, 0.3) is 22.6 Å². The van der Waals surface area contributed by atoms with Crippen molar-refractivity contribution >= 4 is 21.7 Å². The van der Waals surface area contributed by atoms with Gasteiger partial charge in [0.25, 0.3) is 0 Å². The van der Waals surface area contributed by atoms with Gasteiger partial charge >= 0.3 is 0 Å². The Labute approximate surface area is 120 Å². The number of nitrogens with two attached hydrogens (primary N) is 1. The van der Waals surface area contributed by atoms with Crippen LogP contribution in [-0.4, -0.2) is 10.2 Å². The number of nitrogens with zero attached hydrogens (tertiary/aromatic N) is 1. The average Bonchev–Trinajstić information content (AvgIpc) is 2.96. The Morgan fingerprint density at radius 3 is 2.65 bits per heavy atom. The molecular formula is C13H8BrF2N3O. The topological polar surface area (TPSA) is 67.8 Å². The third-order valence-electron chi connectivity index (χ3n) is 2.81. The fraction of sp³-hybridized carbons (Fsp3) is 0. The summed E-state index contributed by atoms with van der Waals surface area (Å²) in [6.07, 6.45) is 0. The van der Waals surface area contributed by atoms with Gasteiger partial charge in [-0.3, -0.25) is 5.10 Å². The van der Waals surface area contributed by atoms with E-state index in [2.05, 4.69) is 26.1 Å². The minimum Gasteiger partial charge on any atom is -0.448 e. The van der Waals surface area contributed by atoms with Crippen molar-refractivity contribution in [2.24, 2.45) is 0 Å². The molecule has 0 aliphatic rings. The van der Waals surface area contributed by atoms with Crippen molar-refractivity contribution in [3.8, 4) is 22.6 Å². The van der Waals surface area contributed by atoms with Crippen molar-refractivity contribution < 1.29 is 13.2 Å². The van der Waals surface area contributed by atoms with Gasteiger partial charge in [0, 0.05) is 11.6 Å². The Hall–Kier alpha value is -2.15. The molecule has 102 valence electrons. The molecular weight excluding hydrogens is 332 g/mol. The van der Waals surface area contributed by atoms with Crippen LogP contribution in [0.5, 0.6) is 0 Å². The molecule has 4 nitrogen and oxygen atoms in total. The summed E-state index contributed by atoms with van der Waals surface area (Å²) < 4.78 is 32.8. The quantitative estimate of drug-likeness (QED) is 0.742. The summed E-state index contributed by atoms with van der Waals surface area (Å²) in [5.41, 5.74) is 6.69. The fourth-order valence-corrected chi connectivity index (χ4v) is 2.25. The van der Waals surface area contributed by atoms with Crippen molar-refractivity contribution in [1.29, 1.82) is 0 Å². The summed E-state index contributed by atoms with van der Waals surface area (Å²) in [5.74, 6) is -0.821. The predicted molar refractivity (Wildman–Crippen MR) is 73.8 cm³/mol. The van der Waals surface area contributed by atoms with E-state index in [0.717, 1.165) is 12.1 Å². The number of hydrogen-bond donors (Lipinski definition) is 2. The molecule has 3 N–H and O–H groups in total. The predicted octanol–water partition coefficient (Wildman–Crippen LogP) is 3.96. The van der Waals surface area contributed by atoms with Gasteiger partial charge < -0.3 is 10.2 Å². The maximum atomic E-state index is 13.9. The van der Waals surface area contributed by atoms with E-state index in [1.54, 1.807) is 12.1 Å². The summed E-state index contributed by atoms with van der Waals surface area (Å²) in [6.45, 7) is 0. The summed E-state index contributed by atoms with van der Waals surface area (Å²) >= 11 is 3.19. The second-order valence-corrected chi connectivity index (χ2v) is 4.87. The van der Waals surface area contributed by atoms with Gasteiger partial charge in [0.05, 0.1) is 5.56 Å². The number of benzene rings is 1. The summed E-state index contributed by atoms with van der Waals surface area (Å²) in [6, 6.07) is 6.64. The van der Waals surface area contributed by atoms with Gasteiger partial charge in [-0.25, -0.2) is 8.78 Å². The molecule has 0 saturated heterocycles. The molecule has 0 fully saturated rings. The highest BCUT2D eigenvalue weighted by Gasteiger charge is 2.20. The number of furan rings is 1. The number of nitrogens with one attached hydrogen (secondary N) is 1. The summed E-state index contributed by atoms with van der Waals surface area (Å²) in [5, 5.41) is 6.55. The molecule has 2 heterocycles. The standard InChI is InChI=1S/C13H8BrF2N3O/c14-10-4-3-9(20-10)12-11(13(17)19-18-12)7-2-1-6(15)5-8(7)16/h1-5H,(H3,17,18,19). The van der Waals surface area contributed by atoms with Crippen LogP contribution in [0, 0.1) is 11.6 Å². The van der Waals surface area contributed by atoms with E-state index >= 15 is 0 Å². The summed E-state index contributed by atoms with van der Waals surface area (Å²) in [7, 11) is 0. The van der Waals surface area contributed by atoms with Crippen LogP contribution in [-0.2, 0) is 0 Å². The Kier molecular flexibility index (Phi) is 3.06. The zero-order valence-electron chi connectivity index (χ0n) is 9.95. The second-order valence-electron chi connectivity index (χ2n) is 4.09. The van der Waals surface area contributed by atoms with E-state index < -0.39 is 11.6 Å². The molecule has 2 aromatic heterocycles. The van der Waals surface area contributed by atoms with E-state index in [1.807, 2.05) is 0 Å². The van der Waals surface area contributed by atoms with Gasteiger partial charge in [-0.15, -0.1) is 0 Å². The van der Waals surface area contributed by atoms with E-state index in [0.29, 0.717) is 21.7 Å². The van der Waals surface area contributed by atoms with Gasteiger partial charge in [-0.05, 0) is 40.2 Å². The number of rotatable bonds is 2. The van der Waals surface area contributed by atoms with Crippen LogP contribution in [0.15, 0.2) is 39.4 Å². The minimum atomic E-state index is -0.718. The lowest BCUT2D eigenvalue weighted by atomic mass is 10.0. The number of aromatic nitrogens is 2. The maximum Gasteiger partial charge on any atom is 0.169 e. The molecule has 3 rings (SSSR count).